The number of aliphatic hydroxyl groups is 1. The summed E-state index contributed by atoms with van der Waals surface area (Å²) in [7, 11) is 1.26. The molecule has 0 fully saturated rings. The van der Waals surface area contributed by atoms with Gasteiger partial charge in [-0.05, 0) is 17.7 Å². The summed E-state index contributed by atoms with van der Waals surface area (Å²) < 4.78 is 43.9. The molecule has 1 rings (SSSR count). The lowest BCUT2D eigenvalue weighted by Gasteiger charge is -2.21. The van der Waals surface area contributed by atoms with Crippen LogP contribution in [0.1, 0.15) is 11.6 Å². The van der Waals surface area contributed by atoms with E-state index in [1.54, 1.807) is 0 Å². The Kier molecular flexibility index (Phi) is 3.77. The second-order valence-electron chi connectivity index (χ2n) is 3.29. The Bertz CT molecular complexity index is 371. The molecule has 1 aromatic rings. The van der Waals surface area contributed by atoms with Crippen molar-refractivity contribution < 1.29 is 23.0 Å². The third-order valence-corrected chi connectivity index (χ3v) is 2.20. The SMILES string of the molecule is COc1ccc([C@@H](N)C(F)(F)CO)cc1F. The van der Waals surface area contributed by atoms with Gasteiger partial charge in [0.05, 0.1) is 13.2 Å². The Labute approximate surface area is 90.6 Å². The Hall–Kier alpha value is -1.27. The van der Waals surface area contributed by atoms with Gasteiger partial charge in [-0.3, -0.25) is 0 Å². The van der Waals surface area contributed by atoms with E-state index in [0.717, 1.165) is 6.07 Å². The number of hydrogen-bond acceptors (Lipinski definition) is 3. The lowest BCUT2D eigenvalue weighted by molar-refractivity contribution is -0.0712. The second-order valence-corrected chi connectivity index (χ2v) is 3.29. The zero-order valence-corrected chi connectivity index (χ0v) is 8.58. The van der Waals surface area contributed by atoms with Gasteiger partial charge in [0.25, 0.3) is 5.92 Å². The number of halogens is 3. The van der Waals surface area contributed by atoms with E-state index in [1.807, 2.05) is 0 Å². The molecule has 0 saturated carbocycles. The molecule has 0 bridgehead atoms. The van der Waals surface area contributed by atoms with Gasteiger partial charge in [-0.2, -0.15) is 0 Å². The minimum Gasteiger partial charge on any atom is -0.494 e. The van der Waals surface area contributed by atoms with Crippen LogP contribution in [0.4, 0.5) is 13.2 Å². The van der Waals surface area contributed by atoms with Crippen molar-refractivity contribution in [3.8, 4) is 5.75 Å². The number of rotatable bonds is 4. The molecule has 0 aliphatic rings. The van der Waals surface area contributed by atoms with Gasteiger partial charge in [0.2, 0.25) is 0 Å². The predicted molar refractivity (Wildman–Crippen MR) is 51.9 cm³/mol. The Morgan fingerprint density at radius 3 is 2.56 bits per heavy atom. The maximum atomic E-state index is 13.2. The molecule has 0 unspecified atom stereocenters. The summed E-state index contributed by atoms with van der Waals surface area (Å²) in [6.45, 7) is -1.39. The average molecular weight is 235 g/mol. The zero-order chi connectivity index (χ0) is 12.3. The summed E-state index contributed by atoms with van der Waals surface area (Å²) >= 11 is 0. The summed E-state index contributed by atoms with van der Waals surface area (Å²) in [4.78, 5) is 0. The highest BCUT2D eigenvalue weighted by atomic mass is 19.3. The molecule has 6 heteroatoms. The maximum absolute atomic E-state index is 13.2. The molecule has 0 aliphatic carbocycles. The van der Waals surface area contributed by atoms with Crippen molar-refractivity contribution in [2.45, 2.75) is 12.0 Å². The largest absolute Gasteiger partial charge is 0.494 e. The molecular weight excluding hydrogens is 223 g/mol. The van der Waals surface area contributed by atoms with Crippen molar-refractivity contribution in [2.24, 2.45) is 5.73 Å². The van der Waals surface area contributed by atoms with Crippen LogP contribution in [0, 0.1) is 5.82 Å². The standard InChI is InChI=1S/C10H12F3NO2/c1-16-8-3-2-6(4-7(8)11)9(14)10(12,13)5-15/h2-4,9,15H,5,14H2,1H3/t9-/m1/s1. The van der Waals surface area contributed by atoms with Crippen molar-refractivity contribution in [1.82, 2.24) is 0 Å². The van der Waals surface area contributed by atoms with E-state index >= 15 is 0 Å². The van der Waals surface area contributed by atoms with E-state index in [0.29, 0.717) is 0 Å². The third kappa shape index (κ3) is 2.45. The van der Waals surface area contributed by atoms with Crippen LogP contribution in [0.15, 0.2) is 18.2 Å². The van der Waals surface area contributed by atoms with Crippen LogP contribution < -0.4 is 10.5 Å². The van der Waals surface area contributed by atoms with E-state index < -0.39 is 24.4 Å². The normalized spacial score (nSPS) is 13.6. The molecule has 0 heterocycles. The Balaban J connectivity index is 3.02. The molecule has 1 atom stereocenters. The molecule has 1 aromatic carbocycles. The van der Waals surface area contributed by atoms with Crippen molar-refractivity contribution in [2.75, 3.05) is 13.7 Å². The van der Waals surface area contributed by atoms with Crippen molar-refractivity contribution >= 4 is 0 Å². The zero-order valence-electron chi connectivity index (χ0n) is 8.58. The summed E-state index contributed by atoms with van der Waals surface area (Å²) in [6.07, 6.45) is 0. The molecule has 0 radical (unpaired) electrons. The van der Waals surface area contributed by atoms with Crippen molar-refractivity contribution in [1.29, 1.82) is 0 Å². The topological polar surface area (TPSA) is 55.5 Å². The Morgan fingerprint density at radius 2 is 2.12 bits per heavy atom. The molecular formula is C10H12F3NO2. The van der Waals surface area contributed by atoms with Gasteiger partial charge < -0.3 is 15.6 Å². The van der Waals surface area contributed by atoms with Gasteiger partial charge in [0, 0.05) is 0 Å². The molecule has 16 heavy (non-hydrogen) atoms. The molecule has 3 N–H and O–H groups in total. The maximum Gasteiger partial charge on any atom is 0.289 e. The quantitative estimate of drug-likeness (QED) is 0.830. The van der Waals surface area contributed by atoms with E-state index in [2.05, 4.69) is 4.74 Å². The second kappa shape index (κ2) is 4.71. The predicted octanol–water partition coefficient (Wildman–Crippen LogP) is 1.46. The molecule has 0 spiro atoms. The minimum absolute atomic E-state index is 0.0525. The molecule has 90 valence electrons. The first-order valence-electron chi connectivity index (χ1n) is 4.50. The lowest BCUT2D eigenvalue weighted by Crippen LogP contribution is -2.36. The summed E-state index contributed by atoms with van der Waals surface area (Å²) in [5.74, 6) is -4.31. The van der Waals surface area contributed by atoms with Crippen molar-refractivity contribution in [3.05, 3.63) is 29.6 Å². The first-order chi connectivity index (χ1) is 7.42. The highest BCUT2D eigenvalue weighted by Gasteiger charge is 2.37. The molecule has 0 saturated heterocycles. The van der Waals surface area contributed by atoms with Crippen LogP contribution in [0.25, 0.3) is 0 Å². The third-order valence-electron chi connectivity index (χ3n) is 2.20. The number of nitrogens with two attached hydrogens (primary N) is 1. The highest BCUT2D eigenvalue weighted by molar-refractivity contribution is 5.31. The fraction of sp³-hybridized carbons (Fsp3) is 0.400. The monoisotopic (exact) mass is 235 g/mol. The first-order valence-corrected chi connectivity index (χ1v) is 4.50. The average Bonchev–Trinajstić information content (AvgIpc) is 2.27. The van der Waals surface area contributed by atoms with Crippen LogP contribution in [0.5, 0.6) is 5.75 Å². The fourth-order valence-corrected chi connectivity index (χ4v) is 1.22. The fourth-order valence-electron chi connectivity index (χ4n) is 1.22. The highest BCUT2D eigenvalue weighted by Crippen LogP contribution is 2.30. The van der Waals surface area contributed by atoms with Crippen LogP contribution in [0.3, 0.4) is 0 Å². The van der Waals surface area contributed by atoms with E-state index in [1.165, 1.54) is 19.2 Å². The smallest absolute Gasteiger partial charge is 0.289 e. The number of benzene rings is 1. The summed E-state index contributed by atoms with van der Waals surface area (Å²) in [5, 5.41) is 8.45. The van der Waals surface area contributed by atoms with Crippen molar-refractivity contribution in [3.63, 3.8) is 0 Å². The first kappa shape index (κ1) is 12.8. The number of alkyl halides is 2. The number of ether oxygens (including phenoxy) is 1. The van der Waals surface area contributed by atoms with Crippen LogP contribution in [-0.4, -0.2) is 24.7 Å². The molecule has 3 nitrogen and oxygen atoms in total. The number of methoxy groups -OCH3 is 1. The molecule has 0 amide bonds. The summed E-state index contributed by atoms with van der Waals surface area (Å²) in [6, 6.07) is 1.55. The van der Waals surface area contributed by atoms with Gasteiger partial charge in [-0.15, -0.1) is 0 Å². The van der Waals surface area contributed by atoms with Crippen LogP contribution in [-0.2, 0) is 0 Å². The van der Waals surface area contributed by atoms with Gasteiger partial charge in [-0.25, -0.2) is 13.2 Å². The van der Waals surface area contributed by atoms with Gasteiger partial charge in [0.1, 0.15) is 6.61 Å². The van der Waals surface area contributed by atoms with E-state index in [-0.39, 0.29) is 11.3 Å². The number of hydrogen-bond donors (Lipinski definition) is 2. The van der Waals surface area contributed by atoms with E-state index in [4.69, 9.17) is 10.8 Å². The van der Waals surface area contributed by atoms with E-state index in [9.17, 15) is 13.2 Å². The van der Waals surface area contributed by atoms with Crippen LogP contribution >= 0.6 is 0 Å². The van der Waals surface area contributed by atoms with Gasteiger partial charge in [0.15, 0.2) is 11.6 Å². The lowest BCUT2D eigenvalue weighted by atomic mass is 10.0. The minimum atomic E-state index is -3.49. The van der Waals surface area contributed by atoms with Crippen LogP contribution in [0.2, 0.25) is 0 Å². The molecule has 0 aliphatic heterocycles. The Morgan fingerprint density at radius 1 is 1.50 bits per heavy atom. The van der Waals surface area contributed by atoms with Gasteiger partial charge in [-0.1, -0.05) is 6.07 Å². The summed E-state index contributed by atoms with van der Waals surface area (Å²) in [5.41, 5.74) is 5.13. The number of aliphatic hydroxyl groups excluding tert-OH is 1. The van der Waals surface area contributed by atoms with Gasteiger partial charge >= 0.3 is 0 Å². The molecule has 0 aromatic heterocycles.